The van der Waals surface area contributed by atoms with Gasteiger partial charge in [-0.15, -0.1) is 0 Å². The fourth-order valence-corrected chi connectivity index (χ4v) is 6.20. The zero-order chi connectivity index (χ0) is 29.7. The topological polar surface area (TPSA) is 81.1 Å². The molecule has 6 nitrogen and oxygen atoms in total. The number of anilines is 1. The van der Waals surface area contributed by atoms with Crippen LogP contribution in [0.2, 0.25) is 0 Å². The summed E-state index contributed by atoms with van der Waals surface area (Å²) >= 11 is 2.20. The number of aliphatic hydroxyl groups excluding tert-OH is 1. The third kappa shape index (κ3) is 6.84. The normalized spacial score (nSPS) is 21.2. The highest BCUT2D eigenvalue weighted by molar-refractivity contribution is 14.1. The largest absolute Gasteiger partial charge is 0.394 e. The van der Waals surface area contributed by atoms with Gasteiger partial charge >= 0.3 is 0 Å². The summed E-state index contributed by atoms with van der Waals surface area (Å²) in [7, 11) is 0. The first-order chi connectivity index (χ1) is 19.6. The lowest BCUT2D eigenvalue weighted by Gasteiger charge is -2.36. The molecule has 2 amide bonds. The molecular weight excluding hydrogens is 627 g/mol. The molecule has 0 spiro atoms. The van der Waals surface area contributed by atoms with Crippen LogP contribution in [0, 0.1) is 9.49 Å². The summed E-state index contributed by atoms with van der Waals surface area (Å²) in [6.07, 6.45) is 10.4. The smallest absolute Gasteiger partial charge is 0.264 e. The standard InChI is InChI=1S/C34H41IN2O4/c1-23(2)9-7-10-24(3)17-18-36-31-16-15-28(35)20-30(31)34(41,33(36)40)25(4)11-8-14-32(39)37-21-27-13-6-5-12-26(27)19-29(37)22-38/h5-6,8-9,11-13,15-17,20,25,29,38,41H,7,10,14,18-19,21-22H2,1-4H3/b11-8+,24-17+/t25-,29+,34+/m1/s1. The van der Waals surface area contributed by atoms with E-state index in [2.05, 4.69) is 55.5 Å². The van der Waals surface area contributed by atoms with E-state index in [9.17, 15) is 19.8 Å². The molecule has 0 saturated heterocycles. The number of rotatable bonds is 10. The second-order valence-electron chi connectivity index (χ2n) is 11.5. The van der Waals surface area contributed by atoms with E-state index in [4.69, 9.17) is 0 Å². The number of hydrogen-bond donors (Lipinski definition) is 2. The molecule has 2 N–H and O–H groups in total. The number of hydrogen-bond acceptors (Lipinski definition) is 4. The minimum atomic E-state index is -1.72. The highest BCUT2D eigenvalue weighted by Crippen LogP contribution is 2.45. The minimum Gasteiger partial charge on any atom is -0.394 e. The van der Waals surface area contributed by atoms with Crippen LogP contribution >= 0.6 is 22.6 Å². The second kappa shape index (κ2) is 13.5. The van der Waals surface area contributed by atoms with E-state index in [1.54, 1.807) is 22.0 Å². The number of allylic oxidation sites excluding steroid dienone is 3. The molecule has 2 aromatic carbocycles. The zero-order valence-corrected chi connectivity index (χ0v) is 26.6. The Morgan fingerprint density at radius 1 is 1.15 bits per heavy atom. The zero-order valence-electron chi connectivity index (χ0n) is 24.4. The van der Waals surface area contributed by atoms with Gasteiger partial charge in [-0.25, -0.2) is 0 Å². The molecule has 2 aliphatic rings. The number of fused-ring (bicyclic) bond motifs is 2. The summed E-state index contributed by atoms with van der Waals surface area (Å²) in [4.78, 5) is 30.4. The third-order valence-corrected chi connectivity index (χ3v) is 8.88. The van der Waals surface area contributed by atoms with Crippen molar-refractivity contribution in [2.75, 3.05) is 18.1 Å². The molecule has 2 aliphatic heterocycles. The minimum absolute atomic E-state index is 0.0861. The Hall–Kier alpha value is -2.75. The number of carbonyl (C=O) groups excluding carboxylic acids is 2. The Morgan fingerprint density at radius 3 is 2.59 bits per heavy atom. The maximum Gasteiger partial charge on any atom is 0.264 e. The summed E-state index contributed by atoms with van der Waals surface area (Å²) in [6.45, 7) is 8.83. The molecule has 0 unspecified atom stereocenters. The van der Waals surface area contributed by atoms with Crippen LogP contribution in [0.5, 0.6) is 0 Å². The molecule has 2 heterocycles. The van der Waals surface area contributed by atoms with Crippen molar-refractivity contribution in [2.45, 2.75) is 71.6 Å². The van der Waals surface area contributed by atoms with Gasteiger partial charge in [0.1, 0.15) is 0 Å². The van der Waals surface area contributed by atoms with Gasteiger partial charge in [0.25, 0.3) is 5.91 Å². The summed E-state index contributed by atoms with van der Waals surface area (Å²) in [5.74, 6) is -0.987. The molecule has 7 heteroatoms. The van der Waals surface area contributed by atoms with Gasteiger partial charge in [0, 0.05) is 34.6 Å². The lowest BCUT2D eigenvalue weighted by molar-refractivity contribution is -0.139. The Balaban J connectivity index is 1.48. The maximum absolute atomic E-state index is 13.8. The highest BCUT2D eigenvalue weighted by atomic mass is 127. The summed E-state index contributed by atoms with van der Waals surface area (Å²) in [6, 6.07) is 13.5. The lowest BCUT2D eigenvalue weighted by atomic mass is 9.83. The van der Waals surface area contributed by atoms with Gasteiger partial charge in [-0.1, -0.05) is 66.6 Å². The highest BCUT2D eigenvalue weighted by Gasteiger charge is 2.52. The van der Waals surface area contributed by atoms with Gasteiger partial charge in [0.15, 0.2) is 5.60 Å². The Kier molecular flexibility index (Phi) is 10.3. The average Bonchev–Trinajstić information content (AvgIpc) is 3.16. The molecule has 2 aromatic rings. The summed E-state index contributed by atoms with van der Waals surface area (Å²) in [5.41, 5.74) is 4.35. The van der Waals surface area contributed by atoms with E-state index >= 15 is 0 Å². The molecule has 0 fully saturated rings. The van der Waals surface area contributed by atoms with Crippen molar-refractivity contribution >= 4 is 40.1 Å². The predicted octanol–water partition coefficient (Wildman–Crippen LogP) is 6.05. The molecule has 0 radical (unpaired) electrons. The molecule has 218 valence electrons. The lowest BCUT2D eigenvalue weighted by Crippen LogP contribution is -2.46. The quantitative estimate of drug-likeness (QED) is 0.239. The molecule has 0 aliphatic carbocycles. The van der Waals surface area contributed by atoms with E-state index in [1.165, 1.54) is 11.1 Å². The number of carbonyl (C=O) groups is 2. The number of nitrogens with zero attached hydrogens (tertiary/aromatic N) is 2. The van der Waals surface area contributed by atoms with Crippen LogP contribution in [-0.2, 0) is 28.2 Å². The second-order valence-corrected chi connectivity index (χ2v) is 12.7. The van der Waals surface area contributed by atoms with Crippen LogP contribution in [0.3, 0.4) is 0 Å². The first-order valence-corrected chi connectivity index (χ1v) is 15.4. The van der Waals surface area contributed by atoms with Crippen molar-refractivity contribution in [3.63, 3.8) is 0 Å². The molecular formula is C34H41IN2O4. The summed E-state index contributed by atoms with van der Waals surface area (Å²) < 4.78 is 0.939. The third-order valence-electron chi connectivity index (χ3n) is 8.21. The molecule has 0 aromatic heterocycles. The Labute approximate surface area is 257 Å². The van der Waals surface area contributed by atoms with Gasteiger partial charge in [-0.05, 0) is 92.0 Å². The van der Waals surface area contributed by atoms with Crippen LogP contribution in [0.1, 0.15) is 63.6 Å². The fourth-order valence-electron chi connectivity index (χ4n) is 5.71. The van der Waals surface area contributed by atoms with Gasteiger partial charge in [0.05, 0.1) is 18.3 Å². The van der Waals surface area contributed by atoms with Crippen LogP contribution in [0.4, 0.5) is 5.69 Å². The molecule has 4 rings (SSSR count). The van der Waals surface area contributed by atoms with Gasteiger partial charge in [-0.2, -0.15) is 0 Å². The molecule has 41 heavy (non-hydrogen) atoms. The van der Waals surface area contributed by atoms with Gasteiger partial charge in [-0.3, -0.25) is 9.59 Å². The molecule has 3 atom stereocenters. The van der Waals surface area contributed by atoms with E-state index in [1.807, 2.05) is 49.4 Å². The Bertz CT molecular complexity index is 1380. The number of halogens is 1. The first kappa shape index (κ1) is 31.2. The fraction of sp³-hybridized carbons (Fsp3) is 0.412. The predicted molar refractivity (Wildman–Crippen MR) is 172 cm³/mol. The van der Waals surface area contributed by atoms with E-state index in [-0.39, 0.29) is 30.9 Å². The van der Waals surface area contributed by atoms with Gasteiger partial charge in [0.2, 0.25) is 5.91 Å². The molecule has 0 bridgehead atoms. The van der Waals surface area contributed by atoms with Crippen LogP contribution in [0.25, 0.3) is 0 Å². The number of aliphatic hydroxyl groups is 2. The van der Waals surface area contributed by atoms with E-state index in [0.717, 1.165) is 33.2 Å². The number of amides is 2. The summed E-state index contributed by atoms with van der Waals surface area (Å²) in [5, 5.41) is 21.9. The maximum atomic E-state index is 13.8. The van der Waals surface area contributed by atoms with Crippen molar-refractivity contribution in [2.24, 2.45) is 5.92 Å². The van der Waals surface area contributed by atoms with Gasteiger partial charge < -0.3 is 20.0 Å². The first-order valence-electron chi connectivity index (χ1n) is 14.3. The van der Waals surface area contributed by atoms with Crippen LogP contribution in [-0.4, -0.2) is 46.1 Å². The van der Waals surface area contributed by atoms with Crippen molar-refractivity contribution in [3.05, 3.63) is 98.2 Å². The van der Waals surface area contributed by atoms with Crippen molar-refractivity contribution < 1.29 is 19.8 Å². The number of benzene rings is 2. The SMILES string of the molecule is CC(C)=CCC/C(C)=C/CN1C(=O)[C@](O)([C@H](C)/C=C/CC(=O)N2Cc3ccccc3C[C@H]2CO)c2cc(I)ccc21. The van der Waals surface area contributed by atoms with Crippen LogP contribution < -0.4 is 4.90 Å². The van der Waals surface area contributed by atoms with Crippen LogP contribution in [0.15, 0.2) is 77.9 Å². The monoisotopic (exact) mass is 668 g/mol. The van der Waals surface area contributed by atoms with Crippen molar-refractivity contribution in [3.8, 4) is 0 Å². The average molecular weight is 669 g/mol. The van der Waals surface area contributed by atoms with E-state index < -0.39 is 11.5 Å². The van der Waals surface area contributed by atoms with Crippen molar-refractivity contribution in [1.29, 1.82) is 0 Å². The van der Waals surface area contributed by atoms with Crippen molar-refractivity contribution in [1.82, 2.24) is 4.90 Å². The molecule has 0 saturated carbocycles. The van der Waals surface area contributed by atoms with E-state index in [0.29, 0.717) is 25.1 Å². The Morgan fingerprint density at radius 2 is 1.88 bits per heavy atom.